The lowest BCUT2D eigenvalue weighted by Gasteiger charge is -2.37. The maximum atomic E-state index is 12.2. The van der Waals surface area contributed by atoms with Crippen LogP contribution in [0.15, 0.2) is 15.7 Å². The lowest BCUT2D eigenvalue weighted by Crippen LogP contribution is -2.47. The number of carbonyl (C=O) groups is 1. The molecule has 10 heteroatoms. The highest BCUT2D eigenvalue weighted by Crippen LogP contribution is 2.28. The second-order valence-corrected chi connectivity index (χ2v) is 8.26. The van der Waals surface area contributed by atoms with Gasteiger partial charge in [0, 0.05) is 24.4 Å². The van der Waals surface area contributed by atoms with Gasteiger partial charge >= 0.3 is 0 Å². The summed E-state index contributed by atoms with van der Waals surface area (Å²) < 4.78 is 27.8. The van der Waals surface area contributed by atoms with Crippen molar-refractivity contribution >= 4 is 39.7 Å². The normalized spacial score (nSPS) is 17.3. The van der Waals surface area contributed by atoms with E-state index in [-0.39, 0.29) is 27.9 Å². The quantitative estimate of drug-likeness (QED) is 0.664. The van der Waals surface area contributed by atoms with E-state index in [1.807, 2.05) is 0 Å². The molecular weight excluding hydrogens is 362 g/mol. The van der Waals surface area contributed by atoms with Gasteiger partial charge in [-0.05, 0) is 32.0 Å². The van der Waals surface area contributed by atoms with Gasteiger partial charge in [0.25, 0.3) is 5.91 Å². The predicted molar refractivity (Wildman–Crippen MR) is 91.7 cm³/mol. The first-order valence-electron chi connectivity index (χ1n) is 6.95. The number of hydrogen-bond acceptors (Lipinski definition) is 6. The standard InChI is InChI=1S/C13H21N3O4S2.ClH/c1-20-9-13(2-4-15-5-3-13)8-16-12(17)10-6-11(21-7-10)22(14,18)19;/h6-7,15H,2-5,8-9H2,1H3,(H,16,17)(H2,14,18,19);1H. The number of amides is 1. The number of sulfonamides is 1. The van der Waals surface area contributed by atoms with Crippen molar-refractivity contribution in [3.8, 4) is 0 Å². The number of primary sulfonamides is 1. The molecular formula is C13H22ClN3O4S2. The van der Waals surface area contributed by atoms with Crippen molar-refractivity contribution in [2.24, 2.45) is 10.6 Å². The number of nitrogens with one attached hydrogen (secondary N) is 2. The fourth-order valence-electron chi connectivity index (χ4n) is 2.59. The molecule has 1 aromatic heterocycles. The molecule has 2 heterocycles. The Bertz CT molecular complexity index is 621. The van der Waals surface area contributed by atoms with Crippen LogP contribution < -0.4 is 15.8 Å². The topological polar surface area (TPSA) is 111 Å². The van der Waals surface area contributed by atoms with Crippen LogP contribution >= 0.6 is 23.7 Å². The third kappa shape index (κ3) is 5.40. The summed E-state index contributed by atoms with van der Waals surface area (Å²) in [7, 11) is -2.11. The number of carbonyl (C=O) groups excluding carboxylic acids is 1. The molecule has 132 valence electrons. The minimum Gasteiger partial charge on any atom is -0.384 e. The molecule has 2 rings (SSSR count). The summed E-state index contributed by atoms with van der Waals surface area (Å²) >= 11 is 0.947. The first-order valence-corrected chi connectivity index (χ1v) is 9.38. The summed E-state index contributed by atoms with van der Waals surface area (Å²) in [6.45, 7) is 2.88. The SMILES string of the molecule is COCC1(CNC(=O)c2csc(S(N)(=O)=O)c2)CCNCC1.Cl. The van der Waals surface area contributed by atoms with Crippen molar-refractivity contribution in [1.29, 1.82) is 0 Å². The Morgan fingerprint density at radius 3 is 2.65 bits per heavy atom. The lowest BCUT2D eigenvalue weighted by molar-refractivity contribution is 0.0512. The van der Waals surface area contributed by atoms with E-state index in [0.29, 0.717) is 18.7 Å². The van der Waals surface area contributed by atoms with Gasteiger partial charge in [0.1, 0.15) is 4.21 Å². The van der Waals surface area contributed by atoms with Crippen LogP contribution in [0.1, 0.15) is 23.2 Å². The maximum absolute atomic E-state index is 12.2. The number of halogens is 1. The second-order valence-electron chi connectivity index (χ2n) is 5.57. The number of rotatable bonds is 6. The molecule has 1 saturated heterocycles. The van der Waals surface area contributed by atoms with Crippen LogP contribution in [0.3, 0.4) is 0 Å². The van der Waals surface area contributed by atoms with Gasteiger partial charge in [0.05, 0.1) is 12.2 Å². The number of ether oxygens (including phenoxy) is 1. The van der Waals surface area contributed by atoms with Crippen LogP contribution in [-0.4, -0.2) is 47.7 Å². The summed E-state index contributed by atoms with van der Waals surface area (Å²) in [5, 5.41) is 12.7. The van der Waals surface area contributed by atoms with Gasteiger partial charge in [-0.1, -0.05) is 0 Å². The van der Waals surface area contributed by atoms with Gasteiger partial charge in [-0.15, -0.1) is 23.7 Å². The van der Waals surface area contributed by atoms with E-state index in [1.54, 1.807) is 7.11 Å². The van der Waals surface area contributed by atoms with Gasteiger partial charge in [-0.2, -0.15) is 0 Å². The summed E-state index contributed by atoms with van der Waals surface area (Å²) in [4.78, 5) is 12.2. The van der Waals surface area contributed by atoms with E-state index in [4.69, 9.17) is 9.88 Å². The largest absolute Gasteiger partial charge is 0.384 e. The number of piperidine rings is 1. The zero-order valence-corrected chi connectivity index (χ0v) is 15.3. The first-order chi connectivity index (χ1) is 10.4. The smallest absolute Gasteiger partial charge is 0.252 e. The number of hydrogen-bond donors (Lipinski definition) is 3. The summed E-state index contributed by atoms with van der Waals surface area (Å²) in [5.74, 6) is -0.292. The molecule has 0 aromatic carbocycles. The Labute approximate surface area is 146 Å². The zero-order chi connectivity index (χ0) is 16.2. The minimum atomic E-state index is -3.76. The van der Waals surface area contributed by atoms with E-state index >= 15 is 0 Å². The monoisotopic (exact) mass is 383 g/mol. The average Bonchev–Trinajstić information content (AvgIpc) is 2.96. The molecule has 1 aromatic rings. The molecule has 1 fully saturated rings. The third-order valence-corrected chi connectivity index (χ3v) is 6.24. The van der Waals surface area contributed by atoms with E-state index in [0.717, 1.165) is 37.3 Å². The molecule has 1 amide bonds. The van der Waals surface area contributed by atoms with Gasteiger partial charge in [-0.3, -0.25) is 4.79 Å². The molecule has 0 aliphatic carbocycles. The van der Waals surface area contributed by atoms with Crippen LogP contribution in [0.5, 0.6) is 0 Å². The molecule has 0 saturated carbocycles. The van der Waals surface area contributed by atoms with Crippen molar-refractivity contribution in [1.82, 2.24) is 10.6 Å². The van der Waals surface area contributed by atoms with Crippen molar-refractivity contribution < 1.29 is 17.9 Å². The minimum absolute atomic E-state index is 0. The van der Waals surface area contributed by atoms with Gasteiger partial charge in [-0.25, -0.2) is 13.6 Å². The lowest BCUT2D eigenvalue weighted by atomic mass is 9.79. The van der Waals surface area contributed by atoms with E-state index < -0.39 is 10.0 Å². The first kappa shape index (κ1) is 20.3. The van der Waals surface area contributed by atoms with E-state index in [1.165, 1.54) is 11.4 Å². The Morgan fingerprint density at radius 2 is 2.13 bits per heavy atom. The van der Waals surface area contributed by atoms with Gasteiger partial charge in [0.2, 0.25) is 10.0 Å². The molecule has 0 unspecified atom stereocenters. The van der Waals surface area contributed by atoms with Crippen molar-refractivity contribution in [2.45, 2.75) is 17.1 Å². The average molecular weight is 384 g/mol. The van der Waals surface area contributed by atoms with Crippen molar-refractivity contribution in [3.63, 3.8) is 0 Å². The van der Waals surface area contributed by atoms with Crippen LogP contribution in [0.2, 0.25) is 0 Å². The van der Waals surface area contributed by atoms with E-state index in [2.05, 4.69) is 10.6 Å². The van der Waals surface area contributed by atoms with Crippen LogP contribution in [0, 0.1) is 5.41 Å². The molecule has 0 spiro atoms. The summed E-state index contributed by atoms with van der Waals surface area (Å²) in [5.41, 5.74) is 0.240. The Balaban J connectivity index is 0.00000264. The molecule has 0 radical (unpaired) electrons. The highest BCUT2D eigenvalue weighted by molar-refractivity contribution is 7.91. The molecule has 7 nitrogen and oxygen atoms in total. The van der Waals surface area contributed by atoms with Crippen LogP contribution in [0.25, 0.3) is 0 Å². The maximum Gasteiger partial charge on any atom is 0.252 e. The molecule has 0 atom stereocenters. The van der Waals surface area contributed by atoms with Gasteiger partial charge in [0.15, 0.2) is 0 Å². The third-order valence-electron chi connectivity index (χ3n) is 3.86. The molecule has 23 heavy (non-hydrogen) atoms. The molecule has 1 aliphatic heterocycles. The highest BCUT2D eigenvalue weighted by Gasteiger charge is 2.32. The van der Waals surface area contributed by atoms with E-state index in [9.17, 15) is 13.2 Å². The Hall–Kier alpha value is -0.710. The summed E-state index contributed by atoms with van der Waals surface area (Å²) in [6.07, 6.45) is 1.85. The second kappa shape index (κ2) is 8.41. The number of thiophene rings is 1. The zero-order valence-electron chi connectivity index (χ0n) is 12.8. The predicted octanol–water partition coefficient (Wildman–Crippen LogP) is 0.563. The molecule has 4 N–H and O–H groups in total. The molecule has 1 aliphatic rings. The fraction of sp³-hybridized carbons (Fsp3) is 0.615. The van der Waals surface area contributed by atoms with Crippen molar-refractivity contribution in [2.75, 3.05) is 33.4 Å². The van der Waals surface area contributed by atoms with Crippen LogP contribution in [0.4, 0.5) is 0 Å². The van der Waals surface area contributed by atoms with Crippen molar-refractivity contribution in [3.05, 3.63) is 17.0 Å². The molecule has 0 bridgehead atoms. The number of methoxy groups -OCH3 is 1. The fourth-order valence-corrected chi connectivity index (χ4v) is 4.18. The van der Waals surface area contributed by atoms with Crippen LogP contribution in [-0.2, 0) is 14.8 Å². The Morgan fingerprint density at radius 1 is 1.48 bits per heavy atom. The number of nitrogens with two attached hydrogens (primary N) is 1. The van der Waals surface area contributed by atoms with Gasteiger partial charge < -0.3 is 15.4 Å². The highest BCUT2D eigenvalue weighted by atomic mass is 35.5. The Kier molecular flexibility index (Phi) is 7.43. The summed E-state index contributed by atoms with van der Waals surface area (Å²) in [6, 6.07) is 1.31.